The lowest BCUT2D eigenvalue weighted by Crippen LogP contribution is -2.77. The fraction of sp³-hybridized carbons (Fsp3) is 1.00. The third-order valence-electron chi connectivity index (χ3n) is 40.9. The normalized spacial score (nSPS) is 47.5. The van der Waals surface area contributed by atoms with Crippen molar-refractivity contribution in [3.63, 3.8) is 0 Å². The summed E-state index contributed by atoms with van der Waals surface area (Å²) in [6.45, 7) is 41.8. The molecule has 105 heavy (non-hydrogen) atoms. The maximum absolute atomic E-state index is 4.05. The molecule has 15 saturated carbocycles. The van der Waals surface area contributed by atoms with Gasteiger partial charge in [-0.1, -0.05) is 290 Å². The van der Waals surface area contributed by atoms with E-state index in [1.165, 1.54) is 96.3 Å². The van der Waals surface area contributed by atoms with Crippen LogP contribution < -0.4 is 0 Å². The van der Waals surface area contributed by atoms with E-state index in [2.05, 4.69) is 114 Å². The zero-order valence-corrected chi connectivity index (χ0v) is 72.5. The van der Waals surface area contributed by atoms with Crippen molar-refractivity contribution in [2.24, 2.45) is 175 Å². The van der Waals surface area contributed by atoms with Crippen LogP contribution >= 0.6 is 0 Å². The number of rotatable bonds is 9. The van der Waals surface area contributed by atoms with Crippen molar-refractivity contribution in [2.45, 2.75) is 466 Å². The number of fused-ring (bicyclic) bond motifs is 4. The van der Waals surface area contributed by atoms with Crippen molar-refractivity contribution < 1.29 is 0 Å². The Morgan fingerprint density at radius 1 is 0.200 bits per heavy atom. The molecule has 3 heteroatoms. The minimum Gasteiger partial charge on any atom is -0.295 e. The van der Waals surface area contributed by atoms with Gasteiger partial charge in [-0.2, -0.15) is 0 Å². The van der Waals surface area contributed by atoms with Crippen molar-refractivity contribution >= 4 is 6.71 Å². The van der Waals surface area contributed by atoms with Gasteiger partial charge in [-0.3, -0.25) is 9.80 Å². The first-order valence-corrected chi connectivity index (χ1v) is 49.8. The van der Waals surface area contributed by atoms with Gasteiger partial charge in [0.15, 0.2) is 6.71 Å². The average Bonchev–Trinajstić information content (AvgIpc) is 0.687. The largest absolute Gasteiger partial charge is 0.295 e. The minimum atomic E-state index is 0.388. The molecule has 596 valence electrons. The highest BCUT2D eigenvalue weighted by molar-refractivity contribution is 6.65. The molecule has 15 aliphatic carbocycles. The quantitative estimate of drug-likeness (QED) is 0.212. The lowest BCUT2D eigenvalue weighted by atomic mass is 9.18. The number of hydrogen-bond acceptors (Lipinski definition) is 2. The van der Waals surface area contributed by atoms with Crippen LogP contribution in [0.5, 0.6) is 0 Å². The van der Waals surface area contributed by atoms with Gasteiger partial charge in [-0.15, -0.1) is 0 Å². The van der Waals surface area contributed by atoms with Gasteiger partial charge in [0.25, 0.3) is 0 Å². The van der Waals surface area contributed by atoms with Crippen LogP contribution in [0.2, 0.25) is 17.5 Å². The van der Waals surface area contributed by atoms with Crippen molar-refractivity contribution in [1.29, 1.82) is 0 Å². The van der Waals surface area contributed by atoms with E-state index < -0.39 is 0 Å². The monoisotopic (exact) mass is 1440 g/mol. The smallest absolute Gasteiger partial charge is 0.156 e. The van der Waals surface area contributed by atoms with Crippen molar-refractivity contribution in [3.8, 4) is 0 Å². The summed E-state index contributed by atoms with van der Waals surface area (Å²) in [5.74, 6) is 26.7. The van der Waals surface area contributed by atoms with Gasteiger partial charge in [-0.05, 0) is 314 Å². The molecule has 2 nitrogen and oxygen atoms in total. The summed E-state index contributed by atoms with van der Waals surface area (Å²) in [6.07, 6.45) is 75.3. The topological polar surface area (TPSA) is 6.48 Å². The van der Waals surface area contributed by atoms with Gasteiger partial charge >= 0.3 is 0 Å². The molecule has 0 amide bonds. The highest BCUT2D eigenvalue weighted by atomic mass is 15.3. The molecule has 0 aromatic carbocycles. The van der Waals surface area contributed by atoms with Crippen molar-refractivity contribution in [1.82, 2.24) is 9.80 Å². The molecule has 17 rings (SSSR count). The Kier molecular flexibility index (Phi) is 22.8. The van der Waals surface area contributed by atoms with E-state index in [4.69, 9.17) is 0 Å². The Bertz CT molecular complexity index is 2740. The molecule has 2 heterocycles. The van der Waals surface area contributed by atoms with E-state index >= 15 is 0 Å². The van der Waals surface area contributed by atoms with Crippen LogP contribution in [-0.2, 0) is 0 Å². The predicted molar refractivity (Wildman–Crippen MR) is 450 cm³/mol. The van der Waals surface area contributed by atoms with E-state index in [1.54, 1.807) is 212 Å². The van der Waals surface area contributed by atoms with Gasteiger partial charge in [0.2, 0.25) is 0 Å². The summed E-state index contributed by atoms with van der Waals surface area (Å²) in [6, 6.07) is 4.98. The first kappa shape index (κ1) is 77.6. The van der Waals surface area contributed by atoms with Crippen LogP contribution in [-0.4, -0.2) is 52.8 Å². The second-order valence-corrected chi connectivity index (χ2v) is 50.3. The summed E-state index contributed by atoms with van der Waals surface area (Å²) in [5.41, 5.74) is 2.09. The summed E-state index contributed by atoms with van der Waals surface area (Å²) in [5, 5.41) is 0. The summed E-state index contributed by atoms with van der Waals surface area (Å²) >= 11 is 0. The first-order valence-electron chi connectivity index (χ1n) is 49.8. The van der Waals surface area contributed by atoms with Crippen LogP contribution in [0.15, 0.2) is 0 Å². The molecule has 23 unspecified atom stereocenters. The molecule has 0 aromatic heterocycles. The Balaban J connectivity index is 0.862. The highest BCUT2D eigenvalue weighted by Crippen LogP contribution is 2.72. The molecule has 2 aliphatic heterocycles. The fourth-order valence-electron chi connectivity index (χ4n) is 35.5. The molecule has 0 N–H and O–H groups in total. The average molecular weight is 1440 g/mol. The maximum atomic E-state index is 4.05. The molecule has 23 atom stereocenters. The third kappa shape index (κ3) is 15.2. The van der Waals surface area contributed by atoms with Gasteiger partial charge in [0, 0.05) is 36.3 Å². The minimum absolute atomic E-state index is 0.388. The lowest BCUT2D eigenvalue weighted by Gasteiger charge is -2.73. The van der Waals surface area contributed by atoms with Gasteiger partial charge in [-0.25, -0.2) is 0 Å². The Labute approximate surface area is 653 Å². The molecule has 0 aromatic rings. The molecule has 17 aliphatic rings. The number of nitrogens with zero attached hydrogens (tertiary/aromatic N) is 2. The highest BCUT2D eigenvalue weighted by Gasteiger charge is 2.70. The molecular formula is C102H175BN2. The van der Waals surface area contributed by atoms with E-state index in [1.807, 2.05) is 0 Å². The van der Waals surface area contributed by atoms with E-state index in [-0.39, 0.29) is 0 Å². The van der Waals surface area contributed by atoms with Crippen LogP contribution in [0.1, 0.15) is 412 Å². The van der Waals surface area contributed by atoms with Crippen LogP contribution in [0, 0.1) is 175 Å². The molecule has 2 saturated heterocycles. The first-order chi connectivity index (χ1) is 50.2. The zero-order valence-electron chi connectivity index (χ0n) is 72.5. The maximum Gasteiger partial charge on any atom is 0.156 e. The molecule has 0 spiro atoms. The van der Waals surface area contributed by atoms with Crippen molar-refractivity contribution in [2.75, 3.05) is 0 Å². The van der Waals surface area contributed by atoms with Gasteiger partial charge < -0.3 is 0 Å². The van der Waals surface area contributed by atoms with Gasteiger partial charge in [0.05, 0.1) is 0 Å². The summed E-state index contributed by atoms with van der Waals surface area (Å²) < 4.78 is 0. The summed E-state index contributed by atoms with van der Waals surface area (Å²) in [4.78, 5) is 8.04. The third-order valence-corrected chi connectivity index (χ3v) is 40.9. The Hall–Kier alpha value is -0.0151. The number of hydrogen-bond donors (Lipinski definition) is 0. The van der Waals surface area contributed by atoms with Crippen LogP contribution in [0.3, 0.4) is 0 Å². The molecule has 0 bridgehead atoms. The van der Waals surface area contributed by atoms with E-state index in [0.29, 0.717) is 27.1 Å². The van der Waals surface area contributed by atoms with Crippen molar-refractivity contribution in [3.05, 3.63) is 0 Å². The SMILES string of the molecule is CC(C)(C)C1CCC(C2CC3C4B(C5CCC(C6CCCCC6)CC5N3C3C(C5CCCCC5)CC(C(C)(C)C)CC3C3CCCCC3)C3CCC(C5CC6CC(C(C)(C)C)CC7CCC8CC(C(C)(C)C)CC5C8C76)CC3N(C3C(C5CCCCC5)CC(C(C)(C)C)CC3C3CCCCC3)C4C2)CC1. The fourth-order valence-corrected chi connectivity index (χ4v) is 35.5. The standard InChI is InChI=1S/C102H175BN2/c1-98(2,3)76-47-43-65(44-48-76)74-57-91-95-92(58-74)105(97-84(68-37-27-19-28-38-68)61-80(102(13,14)15)62-85(97)69-39-29-20-30-40-69)90-56-71(81-54-75-53-77(99(4,5)6)51-72-41-42-73-52-78(100(7,8)9)63-86(81)94(73)93(72)75)46-50-88(90)103(95)87-49-45-70(64-31-21-16-22-32-64)55-89(87)104(91)96-82(66-33-23-17-24-34-66)59-79(101(10,11)12)60-83(96)67-35-25-18-26-36-67/h64-97H,16-63H2,1-15H3. The second kappa shape index (κ2) is 30.9. The molecule has 0 radical (unpaired) electrons. The van der Waals surface area contributed by atoms with E-state index in [0.717, 1.165) is 208 Å². The Morgan fingerprint density at radius 3 is 0.914 bits per heavy atom. The van der Waals surface area contributed by atoms with Crippen LogP contribution in [0.25, 0.3) is 0 Å². The van der Waals surface area contributed by atoms with E-state index in [9.17, 15) is 0 Å². The van der Waals surface area contributed by atoms with Gasteiger partial charge in [0.1, 0.15) is 0 Å². The van der Waals surface area contributed by atoms with Crippen LogP contribution in [0.4, 0.5) is 0 Å². The second-order valence-electron chi connectivity index (χ2n) is 50.3. The molecule has 17 fully saturated rings. The zero-order chi connectivity index (χ0) is 72.8. The lowest BCUT2D eigenvalue weighted by molar-refractivity contribution is -0.161. The summed E-state index contributed by atoms with van der Waals surface area (Å²) in [7, 11) is 0. The Morgan fingerprint density at radius 2 is 0.505 bits per heavy atom. The predicted octanol–water partition coefficient (Wildman–Crippen LogP) is 29.0. The molecular weight excluding hydrogens is 1260 g/mol.